The van der Waals surface area contributed by atoms with Gasteiger partial charge in [0.05, 0.1) is 22.3 Å². The minimum atomic E-state index is -4.02. The normalized spacial score (nSPS) is 18.8. The molecule has 4 aromatic rings. The lowest BCUT2D eigenvalue weighted by Gasteiger charge is -2.42. The summed E-state index contributed by atoms with van der Waals surface area (Å²) in [5.41, 5.74) is 2.43. The fourth-order valence-electron chi connectivity index (χ4n) is 6.22. The molecule has 2 aromatic heterocycles. The number of likely N-dealkylation sites (tertiary alicyclic amines) is 1. The molecule has 7 rings (SSSR count). The van der Waals surface area contributed by atoms with Crippen molar-refractivity contribution in [1.29, 1.82) is 0 Å². The minimum Gasteiger partial charge on any atom is -0.369 e. The van der Waals surface area contributed by atoms with E-state index in [1.165, 1.54) is 17.4 Å². The molecule has 1 amide bonds. The first-order valence-corrected chi connectivity index (χ1v) is 15.7. The maximum absolute atomic E-state index is 13.5. The molecule has 41 heavy (non-hydrogen) atoms. The van der Waals surface area contributed by atoms with Crippen LogP contribution in [-0.4, -0.2) is 89.7 Å². The maximum atomic E-state index is 13.5. The number of anilines is 1. The van der Waals surface area contributed by atoms with Crippen molar-refractivity contribution < 1.29 is 13.2 Å². The number of hydrogen-bond acceptors (Lipinski definition) is 8. The van der Waals surface area contributed by atoms with Gasteiger partial charge in [-0.15, -0.1) is 5.10 Å². The van der Waals surface area contributed by atoms with Gasteiger partial charge >= 0.3 is 0 Å². The topological polar surface area (TPSA) is 124 Å². The second-order valence-electron chi connectivity index (χ2n) is 11.7. The van der Waals surface area contributed by atoms with Crippen molar-refractivity contribution in [3.63, 3.8) is 0 Å². The highest BCUT2D eigenvalue weighted by Gasteiger charge is 2.41. The van der Waals surface area contributed by atoms with E-state index in [0.717, 1.165) is 62.4 Å². The fourth-order valence-corrected chi connectivity index (χ4v) is 7.69. The highest BCUT2D eigenvalue weighted by Crippen LogP contribution is 2.41. The Labute approximate surface area is 237 Å². The summed E-state index contributed by atoms with van der Waals surface area (Å²) in [7, 11) is -4.02. The maximum Gasteiger partial charge on any atom is 0.281 e. The Morgan fingerprint density at radius 1 is 1.00 bits per heavy atom. The van der Waals surface area contributed by atoms with E-state index in [-0.39, 0.29) is 21.5 Å². The van der Waals surface area contributed by atoms with Crippen molar-refractivity contribution in [3.05, 3.63) is 57.9 Å². The van der Waals surface area contributed by atoms with Crippen LogP contribution in [0, 0.1) is 25.7 Å². The quantitative estimate of drug-likeness (QED) is 0.370. The Morgan fingerprint density at radius 3 is 2.46 bits per heavy atom. The molecule has 4 heterocycles. The number of aromatic nitrogens is 4. The molecular weight excluding hydrogens is 542 g/mol. The highest BCUT2D eigenvalue weighted by molar-refractivity contribution is 7.91. The molecule has 1 N–H and O–H groups in total. The van der Waals surface area contributed by atoms with Crippen LogP contribution in [0.3, 0.4) is 0 Å². The molecule has 11 nitrogen and oxygen atoms in total. The van der Waals surface area contributed by atoms with Gasteiger partial charge < -0.3 is 9.80 Å². The summed E-state index contributed by atoms with van der Waals surface area (Å²) >= 11 is 0. The van der Waals surface area contributed by atoms with Gasteiger partial charge in [0.25, 0.3) is 5.56 Å². The second-order valence-corrected chi connectivity index (χ2v) is 13.6. The van der Waals surface area contributed by atoms with Crippen molar-refractivity contribution in [2.75, 3.05) is 50.7 Å². The van der Waals surface area contributed by atoms with E-state index in [1.807, 2.05) is 24.0 Å². The molecule has 0 spiro atoms. The number of rotatable bonds is 6. The molecule has 0 unspecified atom stereocenters. The van der Waals surface area contributed by atoms with E-state index in [4.69, 9.17) is 0 Å². The van der Waals surface area contributed by atoms with E-state index >= 15 is 0 Å². The Bertz CT molecular complexity index is 1850. The van der Waals surface area contributed by atoms with Crippen LogP contribution in [0.15, 0.2) is 51.1 Å². The largest absolute Gasteiger partial charge is 0.369 e. The third-order valence-corrected chi connectivity index (χ3v) is 10.7. The van der Waals surface area contributed by atoms with Gasteiger partial charge in [0.1, 0.15) is 0 Å². The molecule has 1 aliphatic carbocycles. The summed E-state index contributed by atoms with van der Waals surface area (Å²) < 4.78 is 28.6. The van der Waals surface area contributed by atoms with Crippen molar-refractivity contribution in [2.45, 2.75) is 36.6 Å². The van der Waals surface area contributed by atoms with Crippen LogP contribution in [0.1, 0.15) is 24.0 Å². The predicted molar refractivity (Wildman–Crippen MR) is 154 cm³/mol. The Hall–Kier alpha value is -3.77. The zero-order valence-electron chi connectivity index (χ0n) is 23.2. The molecule has 0 radical (unpaired) electrons. The average molecular weight is 576 g/mol. The number of fused-ring (bicyclic) bond motifs is 3. The lowest BCUT2D eigenvalue weighted by atomic mass is 9.94. The fraction of sp³-hybridized carbons (Fsp3) is 0.448. The summed E-state index contributed by atoms with van der Waals surface area (Å²) in [4.78, 5) is 36.3. The lowest BCUT2D eigenvalue weighted by Crippen LogP contribution is -2.55. The van der Waals surface area contributed by atoms with Crippen LogP contribution in [0.2, 0.25) is 0 Å². The number of hydrogen-bond donors (Lipinski definition) is 1. The first-order chi connectivity index (χ1) is 19.7. The number of H-pyrrole nitrogens is 1. The first kappa shape index (κ1) is 26.1. The zero-order valence-corrected chi connectivity index (χ0v) is 24.0. The Balaban J connectivity index is 1.11. The number of carbonyl (C=O) groups excluding carboxylic acids is 1. The van der Waals surface area contributed by atoms with E-state index in [0.29, 0.717) is 23.0 Å². The van der Waals surface area contributed by atoms with Crippen LogP contribution in [0.4, 0.5) is 5.69 Å². The number of benzene rings is 2. The van der Waals surface area contributed by atoms with Crippen LogP contribution < -0.4 is 10.5 Å². The van der Waals surface area contributed by atoms with Crippen molar-refractivity contribution in [1.82, 2.24) is 29.6 Å². The van der Waals surface area contributed by atoms with Gasteiger partial charge in [-0.25, -0.2) is 18.1 Å². The SMILES string of the molecule is Cc1ccc(S(=O)(=O)c2n[nH]n3c2nc(=O)c2ccc(N4CCN(CC(=O)N5CC(C6CC6)C5)CC4)cc23)c(C)c1. The molecule has 2 aliphatic heterocycles. The number of amides is 1. The predicted octanol–water partition coefficient (Wildman–Crippen LogP) is 2.01. The molecule has 3 fully saturated rings. The summed E-state index contributed by atoms with van der Waals surface area (Å²) in [5, 5.41) is 6.98. The molecule has 0 bridgehead atoms. The summed E-state index contributed by atoms with van der Waals surface area (Å²) in [6.07, 6.45) is 2.65. The van der Waals surface area contributed by atoms with E-state index in [9.17, 15) is 18.0 Å². The molecule has 2 aromatic carbocycles. The van der Waals surface area contributed by atoms with Crippen LogP contribution >= 0.6 is 0 Å². The van der Waals surface area contributed by atoms with Crippen molar-refractivity contribution in [2.24, 2.45) is 11.8 Å². The van der Waals surface area contributed by atoms with Crippen LogP contribution in [0.25, 0.3) is 16.6 Å². The van der Waals surface area contributed by atoms with Gasteiger partial charge in [-0.1, -0.05) is 17.7 Å². The van der Waals surface area contributed by atoms with Crippen molar-refractivity contribution in [3.8, 4) is 0 Å². The average Bonchev–Trinajstić information content (AvgIpc) is 3.65. The zero-order chi connectivity index (χ0) is 28.5. The standard InChI is InChI=1S/C29H33N7O4S/c1-18-3-8-25(19(2)13-18)41(39,40)29-27-30-28(38)23-7-6-22(14-24(23)36(27)32-31-29)34-11-9-33(10-12-34)17-26(37)35-15-21(16-35)20-4-5-20/h3,6-8,13-14,20-21,32H,4-5,9-12,15-17H2,1-2H3. The van der Waals surface area contributed by atoms with E-state index in [2.05, 4.69) is 25.1 Å². The summed E-state index contributed by atoms with van der Waals surface area (Å²) in [5.74, 6) is 1.80. The van der Waals surface area contributed by atoms with E-state index in [1.54, 1.807) is 31.2 Å². The number of aryl methyl sites for hydroxylation is 2. The highest BCUT2D eigenvalue weighted by atomic mass is 32.2. The lowest BCUT2D eigenvalue weighted by molar-refractivity contribution is -0.139. The molecule has 2 saturated heterocycles. The smallest absolute Gasteiger partial charge is 0.281 e. The van der Waals surface area contributed by atoms with Gasteiger partial charge in [-0.2, -0.15) is 4.98 Å². The summed E-state index contributed by atoms with van der Waals surface area (Å²) in [6.45, 7) is 8.93. The van der Waals surface area contributed by atoms with Gasteiger partial charge in [-0.05, 0) is 68.4 Å². The number of nitrogens with zero attached hydrogens (tertiary/aromatic N) is 6. The minimum absolute atomic E-state index is 0.0297. The molecule has 214 valence electrons. The molecule has 12 heteroatoms. The van der Waals surface area contributed by atoms with Crippen LogP contribution in [0.5, 0.6) is 0 Å². The number of nitrogens with one attached hydrogen (secondary N) is 1. The molecule has 0 atom stereocenters. The molecular formula is C29H33N7O4S. The molecule has 3 aliphatic rings. The summed E-state index contributed by atoms with van der Waals surface area (Å²) in [6, 6.07) is 10.6. The first-order valence-electron chi connectivity index (χ1n) is 14.2. The van der Waals surface area contributed by atoms with Gasteiger partial charge in [0.2, 0.25) is 20.8 Å². The van der Waals surface area contributed by atoms with Crippen LogP contribution in [-0.2, 0) is 14.6 Å². The monoisotopic (exact) mass is 575 g/mol. The Kier molecular flexibility index (Phi) is 6.16. The van der Waals surface area contributed by atoms with E-state index < -0.39 is 15.4 Å². The number of piperazine rings is 1. The third-order valence-electron chi connectivity index (χ3n) is 8.84. The van der Waals surface area contributed by atoms with Gasteiger partial charge in [-0.3, -0.25) is 14.5 Å². The van der Waals surface area contributed by atoms with Gasteiger partial charge in [0, 0.05) is 45.0 Å². The Morgan fingerprint density at radius 2 is 1.76 bits per heavy atom. The number of carbonyl (C=O) groups is 1. The van der Waals surface area contributed by atoms with Crippen molar-refractivity contribution >= 4 is 38.0 Å². The van der Waals surface area contributed by atoms with Gasteiger partial charge in [0.15, 0.2) is 5.65 Å². The number of sulfone groups is 1. The number of aromatic amines is 1. The second kappa shape index (κ2) is 9.66. The third kappa shape index (κ3) is 4.58. The molecule has 1 saturated carbocycles.